The zero-order valence-electron chi connectivity index (χ0n) is 18.7. The van der Waals surface area contributed by atoms with Crippen molar-refractivity contribution in [3.05, 3.63) is 51.9 Å². The molecule has 0 bridgehead atoms. The number of halogens is 2. The third-order valence-corrected chi connectivity index (χ3v) is 8.51. The van der Waals surface area contributed by atoms with E-state index in [9.17, 15) is 0 Å². The van der Waals surface area contributed by atoms with Gasteiger partial charge in [-0.3, -0.25) is 10.4 Å². The normalized spacial score (nSPS) is 31.1. The summed E-state index contributed by atoms with van der Waals surface area (Å²) in [5.74, 6) is 1.53. The fourth-order valence-electron chi connectivity index (χ4n) is 6.03. The maximum Gasteiger partial charge on any atom is 0.128 e. The van der Waals surface area contributed by atoms with Gasteiger partial charge in [-0.15, -0.1) is 0 Å². The number of nitrogens with zero attached hydrogens (tertiary/aromatic N) is 3. The summed E-state index contributed by atoms with van der Waals surface area (Å²) in [7, 11) is 0. The molecule has 2 aromatic rings. The van der Waals surface area contributed by atoms with Gasteiger partial charge < -0.3 is 15.0 Å². The molecule has 1 saturated carbocycles. The lowest BCUT2D eigenvalue weighted by molar-refractivity contribution is -0.0370. The standard InChI is InChI=1S/C24H30Cl2N6O/c1-14(22-18(25)8-27-9-19(22)26)33-16-3-4-20-17(6-16)23(31-30-20)15-2-5-21(29-7-15)32-12-24(13-32)10-28-11-24/h2,5,7-9,14,16-17,20,23,28,30-31H,3-4,6,10-13H2,1H3/t14-,16?,17?,20?,23?/m1/s1. The Morgan fingerprint density at radius 3 is 2.55 bits per heavy atom. The van der Waals surface area contributed by atoms with Crippen molar-refractivity contribution < 1.29 is 4.74 Å². The number of hydrazine groups is 1. The van der Waals surface area contributed by atoms with Crippen molar-refractivity contribution >= 4 is 29.0 Å². The second-order valence-corrected chi connectivity index (χ2v) is 11.0. The second kappa shape index (κ2) is 8.63. The molecule has 0 radical (unpaired) electrons. The van der Waals surface area contributed by atoms with Crippen LogP contribution in [0, 0.1) is 11.3 Å². The van der Waals surface area contributed by atoms with Crippen LogP contribution >= 0.6 is 23.2 Å². The van der Waals surface area contributed by atoms with Crippen molar-refractivity contribution in [2.75, 3.05) is 31.1 Å². The number of hydrogen-bond acceptors (Lipinski definition) is 7. The van der Waals surface area contributed by atoms with E-state index in [0.29, 0.717) is 27.4 Å². The molecule has 9 heteroatoms. The van der Waals surface area contributed by atoms with Gasteiger partial charge in [0.1, 0.15) is 5.82 Å². The molecule has 4 unspecified atom stereocenters. The van der Waals surface area contributed by atoms with Gasteiger partial charge in [0.25, 0.3) is 0 Å². The molecular formula is C24H30Cl2N6O. The Balaban J connectivity index is 1.11. The minimum Gasteiger partial charge on any atom is -0.370 e. The zero-order valence-corrected chi connectivity index (χ0v) is 20.2. The van der Waals surface area contributed by atoms with E-state index in [1.54, 1.807) is 12.4 Å². The van der Waals surface area contributed by atoms with Crippen LogP contribution in [0.3, 0.4) is 0 Å². The number of anilines is 1. The van der Waals surface area contributed by atoms with Gasteiger partial charge in [0, 0.05) is 61.8 Å². The third-order valence-electron chi connectivity index (χ3n) is 7.90. The summed E-state index contributed by atoms with van der Waals surface area (Å²) in [6, 6.07) is 5.08. The Hall–Kier alpha value is -1.48. The molecule has 3 saturated heterocycles. The molecule has 6 rings (SSSR count). The molecule has 4 fully saturated rings. The maximum atomic E-state index is 6.46. The second-order valence-electron chi connectivity index (χ2n) is 10.2. The summed E-state index contributed by atoms with van der Waals surface area (Å²) in [4.78, 5) is 11.2. The van der Waals surface area contributed by atoms with Gasteiger partial charge in [0.15, 0.2) is 0 Å². The van der Waals surface area contributed by atoms with E-state index < -0.39 is 0 Å². The first-order chi connectivity index (χ1) is 16.0. The Kier molecular flexibility index (Phi) is 5.76. The molecule has 0 amide bonds. The first-order valence-electron chi connectivity index (χ1n) is 11.9. The number of nitrogens with one attached hydrogen (secondary N) is 3. The lowest BCUT2D eigenvalue weighted by Crippen LogP contribution is -2.71. The van der Waals surface area contributed by atoms with Crippen molar-refractivity contribution in [2.45, 2.75) is 50.5 Å². The first kappa shape index (κ1) is 22.0. The quantitative estimate of drug-likeness (QED) is 0.592. The molecule has 1 spiro atoms. The molecular weight excluding hydrogens is 459 g/mol. The van der Waals surface area contributed by atoms with Crippen molar-refractivity contribution in [3.8, 4) is 0 Å². The predicted octanol–water partition coefficient (Wildman–Crippen LogP) is 3.66. The molecule has 3 N–H and O–H groups in total. The molecule has 176 valence electrons. The number of pyridine rings is 2. The zero-order chi connectivity index (χ0) is 22.6. The largest absolute Gasteiger partial charge is 0.370 e. The molecule has 2 aromatic heterocycles. The molecule has 3 aliphatic heterocycles. The average Bonchev–Trinajstić information content (AvgIpc) is 3.15. The SMILES string of the molecule is C[C@@H](OC1CCC2NNC(c3ccc(N4CC5(CNC5)C4)nc3)C2C1)c1c(Cl)cncc1Cl. The Bertz CT molecular complexity index is 988. The highest BCUT2D eigenvalue weighted by Gasteiger charge is 2.48. The monoisotopic (exact) mass is 488 g/mol. The van der Waals surface area contributed by atoms with Gasteiger partial charge in [-0.2, -0.15) is 0 Å². The highest BCUT2D eigenvalue weighted by atomic mass is 35.5. The van der Waals surface area contributed by atoms with Crippen molar-refractivity contribution in [1.82, 2.24) is 26.1 Å². The summed E-state index contributed by atoms with van der Waals surface area (Å²) in [6.45, 7) is 6.53. The molecule has 33 heavy (non-hydrogen) atoms. The number of ether oxygens (including phenoxy) is 1. The van der Waals surface area contributed by atoms with E-state index in [-0.39, 0.29) is 18.2 Å². The van der Waals surface area contributed by atoms with Crippen LogP contribution in [0.1, 0.15) is 49.5 Å². The van der Waals surface area contributed by atoms with Crippen LogP contribution < -0.4 is 21.1 Å². The van der Waals surface area contributed by atoms with E-state index in [2.05, 4.69) is 38.2 Å². The highest BCUT2D eigenvalue weighted by molar-refractivity contribution is 6.35. The van der Waals surface area contributed by atoms with Crippen molar-refractivity contribution in [2.24, 2.45) is 11.3 Å². The van der Waals surface area contributed by atoms with E-state index in [0.717, 1.165) is 56.8 Å². The van der Waals surface area contributed by atoms with E-state index >= 15 is 0 Å². The van der Waals surface area contributed by atoms with Crippen LogP contribution in [-0.4, -0.2) is 48.3 Å². The van der Waals surface area contributed by atoms with E-state index in [4.69, 9.17) is 32.9 Å². The fraction of sp³-hybridized carbons (Fsp3) is 0.583. The van der Waals surface area contributed by atoms with Crippen molar-refractivity contribution in [1.29, 1.82) is 0 Å². The Morgan fingerprint density at radius 2 is 1.88 bits per heavy atom. The Labute approximate surface area is 204 Å². The van der Waals surface area contributed by atoms with Gasteiger partial charge in [0.05, 0.1) is 28.3 Å². The van der Waals surface area contributed by atoms with Gasteiger partial charge in [-0.05, 0) is 43.7 Å². The van der Waals surface area contributed by atoms with Gasteiger partial charge >= 0.3 is 0 Å². The van der Waals surface area contributed by atoms with Crippen LogP contribution in [0.4, 0.5) is 5.82 Å². The molecule has 5 heterocycles. The maximum absolute atomic E-state index is 6.46. The number of hydrogen-bond donors (Lipinski definition) is 3. The smallest absolute Gasteiger partial charge is 0.128 e. The minimum atomic E-state index is -0.179. The molecule has 0 aromatic carbocycles. The summed E-state index contributed by atoms with van der Waals surface area (Å²) in [5.41, 5.74) is 9.60. The average molecular weight is 489 g/mol. The Morgan fingerprint density at radius 1 is 1.09 bits per heavy atom. The fourth-order valence-corrected chi connectivity index (χ4v) is 6.71. The van der Waals surface area contributed by atoms with E-state index in [1.807, 2.05) is 13.1 Å². The molecule has 1 aliphatic carbocycles. The first-order valence-corrected chi connectivity index (χ1v) is 12.6. The minimum absolute atomic E-state index is 0.159. The summed E-state index contributed by atoms with van der Waals surface area (Å²) in [6.07, 6.45) is 8.33. The summed E-state index contributed by atoms with van der Waals surface area (Å²) in [5, 5.41) is 4.50. The van der Waals surface area contributed by atoms with E-state index in [1.165, 1.54) is 5.56 Å². The van der Waals surface area contributed by atoms with Crippen LogP contribution in [0.25, 0.3) is 0 Å². The predicted molar refractivity (Wildman–Crippen MR) is 129 cm³/mol. The number of aromatic nitrogens is 2. The van der Waals surface area contributed by atoms with Crippen LogP contribution in [-0.2, 0) is 4.74 Å². The topological polar surface area (TPSA) is 74.3 Å². The van der Waals surface area contributed by atoms with Crippen LogP contribution in [0.2, 0.25) is 10.0 Å². The third kappa shape index (κ3) is 4.03. The number of rotatable bonds is 5. The van der Waals surface area contributed by atoms with Crippen LogP contribution in [0.5, 0.6) is 0 Å². The summed E-state index contributed by atoms with van der Waals surface area (Å²) >= 11 is 12.7. The lowest BCUT2D eigenvalue weighted by atomic mass is 9.74. The molecule has 5 atom stereocenters. The van der Waals surface area contributed by atoms with Crippen LogP contribution in [0.15, 0.2) is 30.7 Å². The summed E-state index contributed by atoms with van der Waals surface area (Å²) < 4.78 is 6.46. The van der Waals surface area contributed by atoms with Gasteiger partial charge in [-0.1, -0.05) is 29.3 Å². The van der Waals surface area contributed by atoms with Gasteiger partial charge in [0.2, 0.25) is 0 Å². The molecule has 4 aliphatic rings. The van der Waals surface area contributed by atoms with Crippen molar-refractivity contribution in [3.63, 3.8) is 0 Å². The number of fused-ring (bicyclic) bond motifs is 1. The van der Waals surface area contributed by atoms with Gasteiger partial charge in [-0.25, -0.2) is 10.4 Å². The highest BCUT2D eigenvalue weighted by Crippen LogP contribution is 2.42. The molecule has 7 nitrogen and oxygen atoms in total. The lowest BCUT2D eigenvalue weighted by Gasteiger charge is -2.56.